The minimum Gasteiger partial charge on any atom is -0.330 e. The molecular formula is C13H18BrN. The molecule has 1 nitrogen and oxygen atoms in total. The third-order valence-electron chi connectivity index (χ3n) is 3.54. The second-order valence-corrected chi connectivity index (χ2v) is 5.46. The van der Waals surface area contributed by atoms with E-state index in [-0.39, 0.29) is 0 Å². The van der Waals surface area contributed by atoms with Crippen molar-refractivity contribution in [2.24, 2.45) is 11.7 Å². The Morgan fingerprint density at radius 1 is 1.47 bits per heavy atom. The first kappa shape index (κ1) is 11.2. The molecule has 15 heavy (non-hydrogen) atoms. The summed E-state index contributed by atoms with van der Waals surface area (Å²) in [5.74, 6) is 1.44. The first-order valence-corrected chi connectivity index (χ1v) is 6.50. The topological polar surface area (TPSA) is 26.0 Å². The van der Waals surface area contributed by atoms with Crippen LogP contribution in [0, 0.1) is 5.92 Å². The zero-order valence-corrected chi connectivity index (χ0v) is 10.8. The molecule has 0 bridgehead atoms. The zero-order chi connectivity index (χ0) is 10.8. The maximum Gasteiger partial charge on any atom is 0.0178 e. The van der Waals surface area contributed by atoms with Crippen molar-refractivity contribution in [2.75, 3.05) is 6.54 Å². The van der Waals surface area contributed by atoms with E-state index in [1.165, 1.54) is 28.4 Å². The van der Waals surface area contributed by atoms with Crippen molar-refractivity contribution in [3.05, 3.63) is 33.8 Å². The Labute approximate surface area is 100 Å². The lowest BCUT2D eigenvalue weighted by atomic mass is 9.74. The summed E-state index contributed by atoms with van der Waals surface area (Å²) in [5, 5.41) is 0. The molecule has 0 aliphatic heterocycles. The fraction of sp³-hybridized carbons (Fsp3) is 0.538. The van der Waals surface area contributed by atoms with Gasteiger partial charge in [-0.2, -0.15) is 0 Å². The van der Waals surface area contributed by atoms with Crippen molar-refractivity contribution in [1.82, 2.24) is 0 Å². The van der Waals surface area contributed by atoms with Crippen molar-refractivity contribution < 1.29 is 0 Å². The highest BCUT2D eigenvalue weighted by atomic mass is 79.9. The standard InChI is InChI=1S/C13H18BrN/c1-9-2-3-10-4-5-11(14)8-13(10)12(9)6-7-15/h4-5,8-9,12H,2-3,6-7,15H2,1H3. The molecule has 0 saturated heterocycles. The fourth-order valence-electron chi connectivity index (χ4n) is 2.65. The highest BCUT2D eigenvalue weighted by Crippen LogP contribution is 2.39. The highest BCUT2D eigenvalue weighted by molar-refractivity contribution is 9.10. The number of aryl methyl sites for hydroxylation is 1. The van der Waals surface area contributed by atoms with Gasteiger partial charge in [0.25, 0.3) is 0 Å². The number of hydrogen-bond donors (Lipinski definition) is 1. The molecule has 1 aliphatic rings. The van der Waals surface area contributed by atoms with Crippen LogP contribution in [0.3, 0.4) is 0 Å². The molecule has 0 spiro atoms. The lowest BCUT2D eigenvalue weighted by Gasteiger charge is -2.31. The predicted molar refractivity (Wildman–Crippen MR) is 68.0 cm³/mol. The van der Waals surface area contributed by atoms with Crippen molar-refractivity contribution in [3.63, 3.8) is 0 Å². The number of benzene rings is 1. The van der Waals surface area contributed by atoms with E-state index in [4.69, 9.17) is 5.73 Å². The molecule has 0 heterocycles. The van der Waals surface area contributed by atoms with E-state index in [0.29, 0.717) is 5.92 Å². The van der Waals surface area contributed by atoms with Crippen LogP contribution in [0.2, 0.25) is 0 Å². The largest absolute Gasteiger partial charge is 0.330 e. The van der Waals surface area contributed by atoms with Gasteiger partial charge in [-0.15, -0.1) is 0 Å². The molecule has 2 heteroatoms. The molecule has 0 amide bonds. The molecule has 2 unspecified atom stereocenters. The lowest BCUT2D eigenvalue weighted by Crippen LogP contribution is -2.21. The molecular weight excluding hydrogens is 250 g/mol. The summed E-state index contributed by atoms with van der Waals surface area (Å²) in [6.07, 6.45) is 3.65. The molecule has 0 radical (unpaired) electrons. The molecule has 1 aliphatic carbocycles. The van der Waals surface area contributed by atoms with Gasteiger partial charge in [0.15, 0.2) is 0 Å². The summed E-state index contributed by atoms with van der Waals surface area (Å²) in [4.78, 5) is 0. The lowest BCUT2D eigenvalue weighted by molar-refractivity contribution is 0.387. The van der Waals surface area contributed by atoms with Gasteiger partial charge in [-0.05, 0) is 60.9 Å². The monoisotopic (exact) mass is 267 g/mol. The van der Waals surface area contributed by atoms with Gasteiger partial charge in [-0.1, -0.05) is 28.9 Å². The van der Waals surface area contributed by atoms with Crippen LogP contribution < -0.4 is 5.73 Å². The molecule has 2 atom stereocenters. The van der Waals surface area contributed by atoms with E-state index >= 15 is 0 Å². The zero-order valence-electron chi connectivity index (χ0n) is 9.17. The fourth-order valence-corrected chi connectivity index (χ4v) is 3.03. The molecule has 2 N–H and O–H groups in total. The van der Waals surface area contributed by atoms with E-state index in [0.717, 1.165) is 18.9 Å². The molecule has 0 saturated carbocycles. The number of fused-ring (bicyclic) bond motifs is 1. The summed E-state index contributed by atoms with van der Waals surface area (Å²) in [5.41, 5.74) is 8.75. The molecule has 1 aromatic carbocycles. The highest BCUT2D eigenvalue weighted by Gasteiger charge is 2.25. The SMILES string of the molecule is CC1CCc2ccc(Br)cc2C1CCN. The van der Waals surface area contributed by atoms with Gasteiger partial charge in [0.1, 0.15) is 0 Å². The van der Waals surface area contributed by atoms with Crippen LogP contribution in [0.25, 0.3) is 0 Å². The summed E-state index contributed by atoms with van der Waals surface area (Å²) in [7, 11) is 0. The maximum atomic E-state index is 5.71. The molecule has 2 rings (SSSR count). The first-order valence-electron chi connectivity index (χ1n) is 5.70. The summed E-state index contributed by atoms with van der Waals surface area (Å²) in [6, 6.07) is 6.69. The van der Waals surface area contributed by atoms with Crippen LogP contribution in [0.1, 0.15) is 36.8 Å². The van der Waals surface area contributed by atoms with E-state index in [1.54, 1.807) is 0 Å². The van der Waals surface area contributed by atoms with Crippen LogP contribution >= 0.6 is 15.9 Å². The van der Waals surface area contributed by atoms with Crippen LogP contribution in [-0.2, 0) is 6.42 Å². The van der Waals surface area contributed by atoms with Gasteiger partial charge in [-0.25, -0.2) is 0 Å². The third kappa shape index (κ3) is 2.26. The second kappa shape index (κ2) is 4.67. The van der Waals surface area contributed by atoms with E-state index in [2.05, 4.69) is 41.1 Å². The van der Waals surface area contributed by atoms with Gasteiger partial charge < -0.3 is 5.73 Å². The first-order chi connectivity index (χ1) is 7.22. The minimum absolute atomic E-state index is 0.663. The van der Waals surface area contributed by atoms with Gasteiger partial charge in [0.2, 0.25) is 0 Å². The van der Waals surface area contributed by atoms with Crippen LogP contribution in [-0.4, -0.2) is 6.54 Å². The quantitative estimate of drug-likeness (QED) is 0.873. The third-order valence-corrected chi connectivity index (χ3v) is 4.03. The number of nitrogens with two attached hydrogens (primary N) is 1. The van der Waals surface area contributed by atoms with Gasteiger partial charge in [-0.3, -0.25) is 0 Å². The van der Waals surface area contributed by atoms with Crippen molar-refractivity contribution >= 4 is 15.9 Å². The molecule has 0 fully saturated rings. The molecule has 82 valence electrons. The molecule has 1 aromatic rings. The van der Waals surface area contributed by atoms with Crippen molar-refractivity contribution in [3.8, 4) is 0 Å². The van der Waals surface area contributed by atoms with E-state index < -0.39 is 0 Å². The van der Waals surface area contributed by atoms with E-state index in [1.807, 2.05) is 0 Å². The Kier molecular flexibility index (Phi) is 3.47. The average molecular weight is 268 g/mol. The average Bonchev–Trinajstić information content (AvgIpc) is 2.23. The smallest absolute Gasteiger partial charge is 0.0178 e. The summed E-state index contributed by atoms with van der Waals surface area (Å²) in [6.45, 7) is 3.14. The van der Waals surface area contributed by atoms with Gasteiger partial charge in [0, 0.05) is 4.47 Å². The van der Waals surface area contributed by atoms with Crippen LogP contribution in [0.5, 0.6) is 0 Å². The van der Waals surface area contributed by atoms with Crippen LogP contribution in [0.15, 0.2) is 22.7 Å². The Bertz CT molecular complexity index is 348. The number of halogens is 1. The van der Waals surface area contributed by atoms with Gasteiger partial charge in [0.05, 0.1) is 0 Å². The minimum atomic E-state index is 0.663. The van der Waals surface area contributed by atoms with Crippen molar-refractivity contribution in [2.45, 2.75) is 32.1 Å². The predicted octanol–water partition coefficient (Wildman–Crippen LogP) is 3.46. The Morgan fingerprint density at radius 3 is 3.00 bits per heavy atom. The Hall–Kier alpha value is -0.340. The van der Waals surface area contributed by atoms with Crippen LogP contribution in [0.4, 0.5) is 0 Å². The number of hydrogen-bond acceptors (Lipinski definition) is 1. The number of rotatable bonds is 2. The summed E-state index contributed by atoms with van der Waals surface area (Å²) < 4.78 is 1.19. The van der Waals surface area contributed by atoms with Gasteiger partial charge >= 0.3 is 0 Å². The Morgan fingerprint density at radius 2 is 2.27 bits per heavy atom. The second-order valence-electron chi connectivity index (χ2n) is 4.54. The maximum absolute atomic E-state index is 5.71. The Balaban J connectivity index is 2.36. The summed E-state index contributed by atoms with van der Waals surface area (Å²) >= 11 is 3.56. The van der Waals surface area contributed by atoms with E-state index in [9.17, 15) is 0 Å². The normalized spacial score (nSPS) is 25.0. The molecule has 0 aromatic heterocycles. The van der Waals surface area contributed by atoms with Crippen molar-refractivity contribution in [1.29, 1.82) is 0 Å².